The zero-order chi connectivity index (χ0) is 18.5. The van der Waals surface area contributed by atoms with Crippen LogP contribution in [0.25, 0.3) is 11.1 Å². The van der Waals surface area contributed by atoms with Gasteiger partial charge in [-0.25, -0.2) is 4.98 Å². The van der Waals surface area contributed by atoms with Crippen molar-refractivity contribution in [2.45, 2.75) is 58.9 Å². The predicted octanol–water partition coefficient (Wildman–Crippen LogP) is 3.12. The first-order valence-electron chi connectivity index (χ1n) is 9.64. The molecule has 6 nitrogen and oxygen atoms in total. The highest BCUT2D eigenvalue weighted by Crippen LogP contribution is 2.41. The van der Waals surface area contributed by atoms with Crippen LogP contribution in [0.1, 0.15) is 68.2 Å². The van der Waals surface area contributed by atoms with Crippen LogP contribution in [0.15, 0.2) is 10.6 Å². The second kappa shape index (κ2) is 6.34. The van der Waals surface area contributed by atoms with Gasteiger partial charge in [-0.05, 0) is 37.7 Å². The lowest BCUT2D eigenvalue weighted by Crippen LogP contribution is -2.52. The van der Waals surface area contributed by atoms with E-state index in [4.69, 9.17) is 4.52 Å². The van der Waals surface area contributed by atoms with Gasteiger partial charge in [0.15, 0.2) is 0 Å². The maximum Gasteiger partial charge on any atom is 0.259 e. The number of rotatable bonds is 3. The number of carbonyl (C=O) groups is 1. The first kappa shape index (κ1) is 17.5. The molecule has 4 rings (SSSR count). The molecule has 140 valence electrons. The Labute approximate surface area is 154 Å². The zero-order valence-electron chi connectivity index (χ0n) is 16.1. The van der Waals surface area contributed by atoms with Crippen molar-refractivity contribution < 1.29 is 9.32 Å². The third-order valence-corrected chi connectivity index (χ3v) is 5.22. The smallest absolute Gasteiger partial charge is 0.259 e. The molecule has 2 aromatic heterocycles. The maximum absolute atomic E-state index is 13.4. The SMILES string of the molecule is C[C@H]1CNCCN1C(=O)c1cc(C2CC2)nc2onc(CC(C)(C)C)c12. The summed E-state index contributed by atoms with van der Waals surface area (Å²) in [6, 6.07) is 2.18. The van der Waals surface area contributed by atoms with Crippen molar-refractivity contribution in [3.63, 3.8) is 0 Å². The summed E-state index contributed by atoms with van der Waals surface area (Å²) in [7, 11) is 0. The minimum Gasteiger partial charge on any atom is -0.336 e. The predicted molar refractivity (Wildman–Crippen MR) is 100 cm³/mol. The highest BCUT2D eigenvalue weighted by Gasteiger charge is 2.32. The van der Waals surface area contributed by atoms with Crippen molar-refractivity contribution in [1.82, 2.24) is 20.4 Å². The monoisotopic (exact) mass is 356 g/mol. The van der Waals surface area contributed by atoms with E-state index in [1.807, 2.05) is 11.0 Å². The third-order valence-electron chi connectivity index (χ3n) is 5.22. The average molecular weight is 356 g/mol. The molecule has 0 bridgehead atoms. The van der Waals surface area contributed by atoms with E-state index < -0.39 is 0 Å². The molecule has 1 N–H and O–H groups in total. The summed E-state index contributed by atoms with van der Waals surface area (Å²) in [4.78, 5) is 20.1. The topological polar surface area (TPSA) is 71.3 Å². The van der Waals surface area contributed by atoms with Crippen LogP contribution >= 0.6 is 0 Å². The van der Waals surface area contributed by atoms with E-state index in [2.05, 4.69) is 43.2 Å². The Balaban J connectivity index is 1.81. The molecular formula is C20H28N4O2. The lowest BCUT2D eigenvalue weighted by atomic mass is 9.89. The van der Waals surface area contributed by atoms with E-state index in [9.17, 15) is 4.79 Å². The maximum atomic E-state index is 13.4. The lowest BCUT2D eigenvalue weighted by Gasteiger charge is -2.34. The van der Waals surface area contributed by atoms with Gasteiger partial charge >= 0.3 is 0 Å². The molecule has 6 heteroatoms. The molecule has 0 unspecified atom stereocenters. The Hall–Kier alpha value is -1.95. The Morgan fingerprint density at radius 3 is 2.81 bits per heavy atom. The van der Waals surface area contributed by atoms with Gasteiger partial charge in [-0.15, -0.1) is 0 Å². The van der Waals surface area contributed by atoms with Crippen molar-refractivity contribution in [1.29, 1.82) is 0 Å². The van der Waals surface area contributed by atoms with Crippen LogP contribution < -0.4 is 5.32 Å². The van der Waals surface area contributed by atoms with Crippen LogP contribution in [0.5, 0.6) is 0 Å². The van der Waals surface area contributed by atoms with Gasteiger partial charge in [-0.1, -0.05) is 25.9 Å². The molecule has 2 aliphatic rings. The number of hydrogen-bond donors (Lipinski definition) is 1. The van der Waals surface area contributed by atoms with Crippen molar-refractivity contribution in [3.05, 3.63) is 23.0 Å². The average Bonchev–Trinajstić information content (AvgIpc) is 3.36. The summed E-state index contributed by atoms with van der Waals surface area (Å²) in [5.74, 6) is 0.536. The van der Waals surface area contributed by atoms with E-state index >= 15 is 0 Å². The molecule has 1 saturated carbocycles. The van der Waals surface area contributed by atoms with Gasteiger partial charge in [-0.3, -0.25) is 4.79 Å². The standard InChI is InChI=1S/C20H28N4O2/c1-12-11-21-7-8-24(12)19(25)14-9-15(13-5-6-13)22-18-17(14)16(23-26-18)10-20(2,3)4/h9,12-13,21H,5-8,10-11H2,1-4H3/t12-/m0/s1. The molecule has 1 atom stereocenters. The first-order chi connectivity index (χ1) is 12.3. The minimum atomic E-state index is 0.0572. The number of carbonyl (C=O) groups excluding carboxylic acids is 1. The number of fused-ring (bicyclic) bond motifs is 1. The van der Waals surface area contributed by atoms with E-state index in [0.29, 0.717) is 17.2 Å². The van der Waals surface area contributed by atoms with Crippen LogP contribution in [-0.4, -0.2) is 46.6 Å². The minimum absolute atomic E-state index is 0.0572. The summed E-state index contributed by atoms with van der Waals surface area (Å²) in [5.41, 5.74) is 3.10. The fourth-order valence-electron chi connectivity index (χ4n) is 3.71. The number of amides is 1. The highest BCUT2D eigenvalue weighted by atomic mass is 16.5. The Morgan fingerprint density at radius 2 is 2.15 bits per heavy atom. The number of hydrogen-bond acceptors (Lipinski definition) is 5. The van der Waals surface area contributed by atoms with Crippen LogP contribution in [0.4, 0.5) is 0 Å². The first-order valence-corrected chi connectivity index (χ1v) is 9.64. The van der Waals surface area contributed by atoms with Crippen LogP contribution in [0.3, 0.4) is 0 Å². The van der Waals surface area contributed by atoms with Crippen molar-refractivity contribution in [2.24, 2.45) is 5.41 Å². The molecule has 2 aromatic rings. The van der Waals surface area contributed by atoms with Gasteiger partial charge in [0, 0.05) is 37.3 Å². The summed E-state index contributed by atoms with van der Waals surface area (Å²) < 4.78 is 5.57. The second-order valence-corrected chi connectivity index (χ2v) is 8.97. The molecule has 1 amide bonds. The number of aromatic nitrogens is 2. The van der Waals surface area contributed by atoms with E-state index in [-0.39, 0.29) is 17.4 Å². The van der Waals surface area contributed by atoms with Crippen molar-refractivity contribution >= 4 is 17.0 Å². The molecule has 2 fully saturated rings. The number of pyridine rings is 1. The van der Waals surface area contributed by atoms with Gasteiger partial charge in [0.1, 0.15) is 0 Å². The lowest BCUT2D eigenvalue weighted by molar-refractivity contribution is 0.0657. The fraction of sp³-hybridized carbons (Fsp3) is 0.650. The Kier molecular flexibility index (Phi) is 4.26. The largest absolute Gasteiger partial charge is 0.336 e. The molecule has 1 aliphatic carbocycles. The Bertz CT molecular complexity index is 832. The van der Waals surface area contributed by atoms with Gasteiger partial charge in [0.2, 0.25) is 0 Å². The quantitative estimate of drug-likeness (QED) is 0.915. The van der Waals surface area contributed by atoms with Crippen molar-refractivity contribution in [2.75, 3.05) is 19.6 Å². The second-order valence-electron chi connectivity index (χ2n) is 8.97. The van der Waals surface area contributed by atoms with E-state index in [1.54, 1.807) is 0 Å². The molecule has 0 radical (unpaired) electrons. The van der Waals surface area contributed by atoms with Crippen molar-refractivity contribution in [3.8, 4) is 0 Å². The van der Waals surface area contributed by atoms with Gasteiger partial charge < -0.3 is 14.7 Å². The van der Waals surface area contributed by atoms with E-state index in [1.165, 1.54) is 0 Å². The van der Waals surface area contributed by atoms with Gasteiger partial charge in [0.05, 0.1) is 16.6 Å². The third kappa shape index (κ3) is 3.34. The molecular weight excluding hydrogens is 328 g/mol. The number of nitrogens with one attached hydrogen (secondary N) is 1. The fourth-order valence-corrected chi connectivity index (χ4v) is 3.71. The summed E-state index contributed by atoms with van der Waals surface area (Å²) in [6.07, 6.45) is 3.03. The molecule has 1 saturated heterocycles. The summed E-state index contributed by atoms with van der Waals surface area (Å²) >= 11 is 0. The molecule has 1 aliphatic heterocycles. The summed E-state index contributed by atoms with van der Waals surface area (Å²) in [5, 5.41) is 8.44. The van der Waals surface area contributed by atoms with Gasteiger partial charge in [0.25, 0.3) is 11.6 Å². The summed E-state index contributed by atoms with van der Waals surface area (Å²) in [6.45, 7) is 11.0. The molecule has 0 aromatic carbocycles. The Morgan fingerprint density at radius 1 is 1.38 bits per heavy atom. The molecule has 0 spiro atoms. The number of nitrogens with zero attached hydrogens (tertiary/aromatic N) is 3. The molecule has 26 heavy (non-hydrogen) atoms. The normalized spacial score (nSPS) is 21.4. The van der Waals surface area contributed by atoms with E-state index in [0.717, 1.165) is 55.7 Å². The van der Waals surface area contributed by atoms with Crippen LogP contribution in [0.2, 0.25) is 0 Å². The molecule has 3 heterocycles. The van der Waals surface area contributed by atoms with Crippen LogP contribution in [-0.2, 0) is 6.42 Å². The number of piperazine rings is 1. The van der Waals surface area contributed by atoms with Crippen LogP contribution in [0, 0.1) is 5.41 Å². The van der Waals surface area contributed by atoms with Gasteiger partial charge in [-0.2, -0.15) is 0 Å². The highest BCUT2D eigenvalue weighted by molar-refractivity contribution is 6.06. The zero-order valence-corrected chi connectivity index (χ0v) is 16.1.